The van der Waals surface area contributed by atoms with Gasteiger partial charge in [0, 0.05) is 29.6 Å². The predicted molar refractivity (Wildman–Crippen MR) is 89.0 cm³/mol. The fraction of sp³-hybridized carbons (Fsp3) is 0.312. The van der Waals surface area contributed by atoms with Gasteiger partial charge in [-0.15, -0.1) is 0 Å². The zero-order valence-electron chi connectivity index (χ0n) is 13.4. The van der Waals surface area contributed by atoms with Crippen molar-refractivity contribution in [1.82, 2.24) is 20.6 Å². The number of hydrogen-bond acceptors (Lipinski definition) is 4. The summed E-state index contributed by atoms with van der Waals surface area (Å²) in [5.74, 6) is -0.477. The normalized spacial score (nSPS) is 13.3. The minimum absolute atomic E-state index is 0.206. The van der Waals surface area contributed by atoms with Gasteiger partial charge in [0.25, 0.3) is 11.8 Å². The summed E-state index contributed by atoms with van der Waals surface area (Å²) < 4.78 is 0. The molecule has 1 aliphatic rings. The van der Waals surface area contributed by atoms with Gasteiger partial charge in [0.05, 0.1) is 11.8 Å². The smallest absolute Gasteiger partial charge is 0.272 e. The molecule has 0 atom stereocenters. The molecule has 3 rings (SSSR count). The van der Waals surface area contributed by atoms with Gasteiger partial charge in [0.2, 0.25) is 0 Å². The van der Waals surface area contributed by atoms with Crippen LogP contribution in [0.5, 0.6) is 0 Å². The van der Waals surface area contributed by atoms with E-state index in [9.17, 15) is 9.59 Å². The molecule has 0 radical (unpaired) electrons. The predicted octanol–water partition coefficient (Wildman–Crippen LogP) is 0.845. The maximum absolute atomic E-state index is 12.5. The molecular weight excluding hydrogens is 294 g/mol. The molecule has 0 fully saturated rings. The minimum atomic E-state index is -0.271. The molecule has 1 aromatic heterocycles. The van der Waals surface area contributed by atoms with E-state index in [2.05, 4.69) is 20.8 Å². The number of carbonyl (C=O) groups is 2. The van der Waals surface area contributed by atoms with E-state index in [1.165, 1.54) is 6.21 Å². The Labute approximate surface area is 133 Å². The number of carbonyl (C=O) groups excluding carboxylic acids is 2. The van der Waals surface area contributed by atoms with Crippen LogP contribution >= 0.6 is 0 Å². The standard InChI is InChI=1S/C16H19N5O2/c1-9-6-10-13-11(8-18-20-15(10)22)14(19-12(13)7-9)16(23)17-4-5-21(2)3/h6-8,19H,4-5H2,1-3H3,(H,17,23)(H,20,22). The van der Waals surface area contributed by atoms with Gasteiger partial charge in [-0.05, 0) is 38.7 Å². The molecule has 120 valence electrons. The largest absolute Gasteiger partial charge is 0.350 e. The van der Waals surface area contributed by atoms with Crippen molar-refractivity contribution in [2.45, 2.75) is 6.92 Å². The Morgan fingerprint density at radius 1 is 1.35 bits per heavy atom. The van der Waals surface area contributed by atoms with Crippen LogP contribution in [-0.4, -0.2) is 55.1 Å². The minimum Gasteiger partial charge on any atom is -0.350 e. The molecule has 0 aliphatic carbocycles. The van der Waals surface area contributed by atoms with Crippen LogP contribution in [0.25, 0.3) is 10.9 Å². The van der Waals surface area contributed by atoms with Crippen LogP contribution in [0.4, 0.5) is 0 Å². The van der Waals surface area contributed by atoms with Gasteiger partial charge in [-0.1, -0.05) is 0 Å². The van der Waals surface area contributed by atoms with Crippen LogP contribution in [0.2, 0.25) is 0 Å². The summed E-state index contributed by atoms with van der Waals surface area (Å²) in [6.07, 6.45) is 1.52. The highest BCUT2D eigenvalue weighted by atomic mass is 16.2. The second kappa shape index (κ2) is 5.85. The molecule has 3 N–H and O–H groups in total. The molecule has 0 saturated heterocycles. The SMILES string of the molecule is Cc1cc2c3c(c(C(=O)NCCN(C)C)[nH]c3c1)C=NNC2=O. The third-order valence-electron chi connectivity index (χ3n) is 3.76. The monoisotopic (exact) mass is 313 g/mol. The molecule has 0 bridgehead atoms. The maximum atomic E-state index is 12.5. The van der Waals surface area contributed by atoms with Crippen molar-refractivity contribution in [2.24, 2.45) is 5.10 Å². The van der Waals surface area contributed by atoms with Crippen LogP contribution in [0, 0.1) is 6.92 Å². The van der Waals surface area contributed by atoms with E-state index >= 15 is 0 Å². The summed E-state index contributed by atoms with van der Waals surface area (Å²) in [6.45, 7) is 3.20. The number of benzene rings is 1. The lowest BCUT2D eigenvalue weighted by Gasteiger charge is -2.10. The molecule has 0 unspecified atom stereocenters. The first-order chi connectivity index (χ1) is 11.0. The third-order valence-corrected chi connectivity index (χ3v) is 3.76. The fourth-order valence-electron chi connectivity index (χ4n) is 2.69. The van der Waals surface area contributed by atoms with Crippen LogP contribution in [0.1, 0.15) is 32.0 Å². The number of aromatic nitrogens is 1. The zero-order valence-corrected chi connectivity index (χ0v) is 13.4. The van der Waals surface area contributed by atoms with E-state index in [1.54, 1.807) is 6.07 Å². The molecule has 7 nitrogen and oxygen atoms in total. The van der Waals surface area contributed by atoms with Crippen molar-refractivity contribution in [3.05, 3.63) is 34.5 Å². The lowest BCUT2D eigenvalue weighted by Crippen LogP contribution is -2.32. The topological polar surface area (TPSA) is 89.6 Å². The van der Waals surface area contributed by atoms with Crippen molar-refractivity contribution < 1.29 is 9.59 Å². The number of H-pyrrole nitrogens is 1. The second-order valence-electron chi connectivity index (χ2n) is 5.91. The van der Waals surface area contributed by atoms with Crippen molar-refractivity contribution in [3.63, 3.8) is 0 Å². The highest BCUT2D eigenvalue weighted by molar-refractivity contribution is 6.18. The van der Waals surface area contributed by atoms with Gasteiger partial charge >= 0.3 is 0 Å². The summed E-state index contributed by atoms with van der Waals surface area (Å²) in [5.41, 5.74) is 5.75. The van der Waals surface area contributed by atoms with E-state index in [4.69, 9.17) is 0 Å². The van der Waals surface area contributed by atoms with Gasteiger partial charge < -0.3 is 15.2 Å². The number of likely N-dealkylation sites (N-methyl/N-ethyl adjacent to an activating group) is 1. The van der Waals surface area contributed by atoms with Gasteiger partial charge in [0.15, 0.2) is 0 Å². The lowest BCUT2D eigenvalue weighted by molar-refractivity contribution is 0.0942. The Hall–Kier alpha value is -2.67. The second-order valence-corrected chi connectivity index (χ2v) is 5.91. The first-order valence-corrected chi connectivity index (χ1v) is 7.40. The van der Waals surface area contributed by atoms with Gasteiger partial charge in [-0.3, -0.25) is 9.59 Å². The number of rotatable bonds is 4. The van der Waals surface area contributed by atoms with Gasteiger partial charge in [-0.25, -0.2) is 5.43 Å². The van der Waals surface area contributed by atoms with E-state index in [0.29, 0.717) is 23.4 Å². The van der Waals surface area contributed by atoms with E-state index < -0.39 is 0 Å². The Morgan fingerprint density at radius 3 is 2.87 bits per heavy atom. The van der Waals surface area contributed by atoms with Gasteiger partial charge in [-0.2, -0.15) is 5.10 Å². The highest BCUT2D eigenvalue weighted by Gasteiger charge is 2.23. The Balaban J connectivity index is 2.05. The molecule has 1 aromatic carbocycles. The van der Waals surface area contributed by atoms with Crippen molar-refractivity contribution in [3.8, 4) is 0 Å². The lowest BCUT2D eigenvalue weighted by atomic mass is 10.0. The quantitative estimate of drug-likeness (QED) is 0.781. The first kappa shape index (κ1) is 15.2. The molecular formula is C16H19N5O2. The first-order valence-electron chi connectivity index (χ1n) is 7.40. The number of hydrogen-bond donors (Lipinski definition) is 3. The molecule has 7 heteroatoms. The van der Waals surface area contributed by atoms with Crippen molar-refractivity contribution in [2.75, 3.05) is 27.2 Å². The number of aromatic amines is 1. The van der Waals surface area contributed by atoms with Crippen LogP contribution in [0.15, 0.2) is 17.2 Å². The highest BCUT2D eigenvalue weighted by Crippen LogP contribution is 2.27. The third kappa shape index (κ3) is 2.83. The number of amides is 2. The van der Waals surface area contributed by atoms with Gasteiger partial charge in [0.1, 0.15) is 5.69 Å². The van der Waals surface area contributed by atoms with E-state index in [1.807, 2.05) is 32.0 Å². The zero-order chi connectivity index (χ0) is 16.6. The van der Waals surface area contributed by atoms with Crippen molar-refractivity contribution in [1.29, 1.82) is 0 Å². The summed E-state index contributed by atoms with van der Waals surface area (Å²) in [5, 5.41) is 7.52. The maximum Gasteiger partial charge on any atom is 0.272 e. The van der Waals surface area contributed by atoms with Crippen molar-refractivity contribution >= 4 is 28.9 Å². The molecule has 23 heavy (non-hydrogen) atoms. The number of aryl methyl sites for hydroxylation is 1. The molecule has 1 aliphatic heterocycles. The Bertz CT molecular complexity index is 819. The number of nitrogens with one attached hydrogen (secondary N) is 3. The average molecular weight is 313 g/mol. The summed E-state index contributed by atoms with van der Waals surface area (Å²) in [6, 6.07) is 3.72. The molecule has 0 spiro atoms. The molecule has 2 aromatic rings. The van der Waals surface area contributed by atoms with Crippen LogP contribution in [0.3, 0.4) is 0 Å². The summed E-state index contributed by atoms with van der Waals surface area (Å²) >= 11 is 0. The summed E-state index contributed by atoms with van der Waals surface area (Å²) in [4.78, 5) is 29.7. The molecule has 0 saturated carbocycles. The molecule has 2 heterocycles. The van der Waals surface area contributed by atoms with E-state index in [0.717, 1.165) is 23.0 Å². The van der Waals surface area contributed by atoms with E-state index in [-0.39, 0.29) is 11.8 Å². The Kier molecular flexibility index (Phi) is 3.87. The summed E-state index contributed by atoms with van der Waals surface area (Å²) in [7, 11) is 3.89. The fourth-order valence-corrected chi connectivity index (χ4v) is 2.69. The number of nitrogens with zero attached hydrogens (tertiary/aromatic N) is 2. The van der Waals surface area contributed by atoms with Crippen LogP contribution in [-0.2, 0) is 0 Å². The Morgan fingerprint density at radius 2 is 2.13 bits per heavy atom. The van der Waals surface area contributed by atoms with Crippen LogP contribution < -0.4 is 10.7 Å². The average Bonchev–Trinajstić information content (AvgIpc) is 2.75. The number of hydrazone groups is 1. The molecule has 2 amide bonds.